The molecule has 0 spiro atoms. The molecule has 0 saturated carbocycles. The number of hydrogen-bond donors (Lipinski definition) is 2. The van der Waals surface area contributed by atoms with Gasteiger partial charge in [-0.25, -0.2) is 4.79 Å². The molecule has 0 amide bonds. The number of benzene rings is 1. The van der Waals surface area contributed by atoms with Crippen LogP contribution in [0.2, 0.25) is 0 Å². The molecule has 0 fully saturated rings. The molecular formula is C14H18N4O7. The van der Waals surface area contributed by atoms with Crippen LogP contribution in [0.15, 0.2) is 17.2 Å². The number of nitro benzene ring substituents is 2. The molecule has 0 aliphatic rings. The molecule has 0 aliphatic heterocycles. The van der Waals surface area contributed by atoms with Gasteiger partial charge in [0, 0.05) is 17.2 Å². The van der Waals surface area contributed by atoms with Gasteiger partial charge in [-0.2, -0.15) is 5.10 Å². The number of nitro groups is 2. The highest BCUT2D eigenvalue weighted by atomic mass is 16.6. The van der Waals surface area contributed by atoms with E-state index in [0.717, 1.165) is 6.07 Å². The number of carbonyl (C=O) groups is 1. The van der Waals surface area contributed by atoms with Crippen LogP contribution in [0.25, 0.3) is 0 Å². The Morgan fingerprint density at radius 1 is 1.24 bits per heavy atom. The number of hydrogen-bond acceptors (Lipinski definition) is 8. The lowest BCUT2D eigenvalue weighted by Crippen LogP contribution is -2.18. The first-order valence-corrected chi connectivity index (χ1v) is 7.05. The molecule has 136 valence electrons. The van der Waals surface area contributed by atoms with Gasteiger partial charge in [0.25, 0.3) is 0 Å². The summed E-state index contributed by atoms with van der Waals surface area (Å²) in [5.74, 6) is -1.76. The number of nitrogens with one attached hydrogen (secondary N) is 1. The van der Waals surface area contributed by atoms with Crippen LogP contribution in [0, 0.1) is 25.6 Å². The molecule has 11 heteroatoms. The summed E-state index contributed by atoms with van der Waals surface area (Å²) in [5.41, 5.74) is 1.37. The van der Waals surface area contributed by atoms with E-state index in [9.17, 15) is 25.0 Å². The second kappa shape index (κ2) is 7.55. The SMILES string of the molecule is CC(=NNc1cc(OCC(=O)O)c([N+](=O)[O-])cc1[N+](=O)[O-])C(C)(C)C. The molecule has 0 atom stereocenters. The largest absolute Gasteiger partial charge is 0.479 e. The van der Waals surface area contributed by atoms with Crippen molar-refractivity contribution < 1.29 is 24.5 Å². The lowest BCUT2D eigenvalue weighted by molar-refractivity contribution is -0.394. The van der Waals surface area contributed by atoms with Crippen LogP contribution in [-0.2, 0) is 4.79 Å². The van der Waals surface area contributed by atoms with Crippen LogP contribution in [-0.4, -0.2) is 33.2 Å². The number of rotatable bonds is 7. The van der Waals surface area contributed by atoms with Gasteiger partial charge < -0.3 is 9.84 Å². The van der Waals surface area contributed by atoms with Gasteiger partial charge in [-0.15, -0.1) is 0 Å². The average Bonchev–Trinajstić information content (AvgIpc) is 2.48. The Hall–Kier alpha value is -3.24. The maximum Gasteiger partial charge on any atom is 0.341 e. The Kier molecular flexibility index (Phi) is 5.98. The predicted molar refractivity (Wildman–Crippen MR) is 89.1 cm³/mol. The number of hydrazone groups is 1. The van der Waals surface area contributed by atoms with Crippen molar-refractivity contribution in [2.24, 2.45) is 10.5 Å². The minimum atomic E-state index is -1.34. The van der Waals surface area contributed by atoms with Crippen LogP contribution in [0.4, 0.5) is 17.1 Å². The molecule has 0 heterocycles. The maximum atomic E-state index is 11.2. The highest BCUT2D eigenvalue weighted by Crippen LogP contribution is 2.37. The third kappa shape index (κ3) is 5.41. The molecule has 0 aromatic heterocycles. The van der Waals surface area contributed by atoms with Gasteiger partial charge >= 0.3 is 17.3 Å². The standard InChI is InChI=1S/C14H18N4O7/c1-8(14(2,3)4)15-16-9-5-12(25-7-13(19)20)11(18(23)24)6-10(9)17(21)22/h5-6,16H,7H2,1-4H3,(H,19,20). The molecular weight excluding hydrogens is 336 g/mol. The zero-order chi connectivity index (χ0) is 19.4. The van der Waals surface area contributed by atoms with E-state index in [1.165, 1.54) is 0 Å². The summed E-state index contributed by atoms with van der Waals surface area (Å²) in [6, 6.07) is 1.68. The Labute approximate surface area is 142 Å². The van der Waals surface area contributed by atoms with E-state index in [1.807, 2.05) is 20.8 Å². The van der Waals surface area contributed by atoms with E-state index in [4.69, 9.17) is 9.84 Å². The molecule has 11 nitrogen and oxygen atoms in total. The molecule has 0 saturated heterocycles. The molecule has 0 radical (unpaired) electrons. The van der Waals surface area contributed by atoms with Crippen LogP contribution in [0.5, 0.6) is 5.75 Å². The monoisotopic (exact) mass is 354 g/mol. The van der Waals surface area contributed by atoms with Crippen molar-refractivity contribution in [1.82, 2.24) is 0 Å². The smallest absolute Gasteiger partial charge is 0.341 e. The van der Waals surface area contributed by atoms with Crippen LogP contribution >= 0.6 is 0 Å². The molecule has 1 rings (SSSR count). The van der Waals surface area contributed by atoms with E-state index in [1.54, 1.807) is 6.92 Å². The number of ether oxygens (including phenoxy) is 1. The van der Waals surface area contributed by atoms with E-state index >= 15 is 0 Å². The van der Waals surface area contributed by atoms with E-state index in [-0.39, 0.29) is 11.1 Å². The summed E-state index contributed by atoms with van der Waals surface area (Å²) in [7, 11) is 0. The van der Waals surface area contributed by atoms with Crippen LogP contribution in [0.1, 0.15) is 27.7 Å². The number of carboxylic acids is 1. The highest BCUT2D eigenvalue weighted by Gasteiger charge is 2.26. The zero-order valence-electron chi connectivity index (χ0n) is 14.1. The first kappa shape index (κ1) is 19.8. The second-order valence-electron chi connectivity index (χ2n) is 6.09. The zero-order valence-corrected chi connectivity index (χ0v) is 14.1. The van der Waals surface area contributed by atoms with Crippen molar-refractivity contribution in [1.29, 1.82) is 0 Å². The van der Waals surface area contributed by atoms with Crippen molar-refractivity contribution in [2.75, 3.05) is 12.0 Å². The summed E-state index contributed by atoms with van der Waals surface area (Å²) in [6.45, 7) is 6.55. The second-order valence-corrected chi connectivity index (χ2v) is 6.09. The summed E-state index contributed by atoms with van der Waals surface area (Å²) >= 11 is 0. The maximum absolute atomic E-state index is 11.2. The number of nitrogens with zero attached hydrogens (tertiary/aromatic N) is 3. The Morgan fingerprint density at radius 2 is 1.80 bits per heavy atom. The third-order valence-corrected chi connectivity index (χ3v) is 3.25. The van der Waals surface area contributed by atoms with Gasteiger partial charge in [-0.3, -0.25) is 25.7 Å². The van der Waals surface area contributed by atoms with Crippen LogP contribution in [0.3, 0.4) is 0 Å². The Balaban J connectivity index is 3.38. The molecule has 25 heavy (non-hydrogen) atoms. The Bertz CT molecular complexity index is 737. The van der Waals surface area contributed by atoms with Crippen molar-refractivity contribution >= 4 is 28.7 Å². The molecule has 1 aromatic carbocycles. The van der Waals surface area contributed by atoms with Gasteiger partial charge in [0.05, 0.1) is 9.85 Å². The minimum Gasteiger partial charge on any atom is -0.479 e. The first-order chi connectivity index (χ1) is 11.4. The van der Waals surface area contributed by atoms with Gasteiger partial charge in [0.1, 0.15) is 11.8 Å². The number of carboxylic acid groups (broad SMARTS) is 1. The third-order valence-electron chi connectivity index (χ3n) is 3.25. The minimum absolute atomic E-state index is 0.153. The van der Waals surface area contributed by atoms with E-state index < -0.39 is 39.5 Å². The Morgan fingerprint density at radius 3 is 2.24 bits per heavy atom. The summed E-state index contributed by atoms with van der Waals surface area (Å²) in [6.07, 6.45) is 0. The van der Waals surface area contributed by atoms with Crippen molar-refractivity contribution in [3.63, 3.8) is 0 Å². The quantitative estimate of drug-likeness (QED) is 0.430. The fraction of sp³-hybridized carbons (Fsp3) is 0.429. The van der Waals surface area contributed by atoms with Crippen LogP contribution < -0.4 is 10.2 Å². The summed E-state index contributed by atoms with van der Waals surface area (Å²) in [5, 5.41) is 34.9. The fourth-order valence-corrected chi connectivity index (χ4v) is 1.51. The topological polar surface area (TPSA) is 157 Å². The molecule has 2 N–H and O–H groups in total. The molecule has 0 aliphatic carbocycles. The van der Waals surface area contributed by atoms with Crippen molar-refractivity contribution in [3.05, 3.63) is 32.4 Å². The molecule has 0 bridgehead atoms. The van der Waals surface area contributed by atoms with E-state index in [2.05, 4.69) is 10.5 Å². The highest BCUT2D eigenvalue weighted by molar-refractivity contribution is 5.88. The van der Waals surface area contributed by atoms with Gasteiger partial charge in [-0.05, 0) is 6.92 Å². The van der Waals surface area contributed by atoms with E-state index in [0.29, 0.717) is 11.8 Å². The van der Waals surface area contributed by atoms with Gasteiger partial charge in [0.15, 0.2) is 12.4 Å². The predicted octanol–water partition coefficient (Wildman–Crippen LogP) is 2.80. The summed E-state index contributed by atoms with van der Waals surface area (Å²) in [4.78, 5) is 31.1. The van der Waals surface area contributed by atoms with Gasteiger partial charge in [-0.1, -0.05) is 20.8 Å². The lowest BCUT2D eigenvalue weighted by Gasteiger charge is -2.17. The normalized spacial score (nSPS) is 11.8. The fourth-order valence-electron chi connectivity index (χ4n) is 1.51. The lowest BCUT2D eigenvalue weighted by atomic mass is 9.91. The number of aliphatic carboxylic acids is 1. The molecule has 0 unspecified atom stereocenters. The summed E-state index contributed by atoms with van der Waals surface area (Å²) < 4.78 is 4.86. The van der Waals surface area contributed by atoms with Crippen molar-refractivity contribution in [2.45, 2.75) is 27.7 Å². The average molecular weight is 354 g/mol. The number of anilines is 1. The van der Waals surface area contributed by atoms with Gasteiger partial charge in [0.2, 0.25) is 0 Å². The molecule has 1 aromatic rings. The first-order valence-electron chi connectivity index (χ1n) is 7.05. The van der Waals surface area contributed by atoms with Crippen molar-refractivity contribution in [3.8, 4) is 5.75 Å².